The van der Waals surface area contributed by atoms with Crippen molar-refractivity contribution in [2.45, 2.75) is 26.3 Å². The van der Waals surface area contributed by atoms with E-state index < -0.39 is 0 Å². The molecule has 106 valence electrons. The molecule has 0 fully saturated rings. The molecule has 2 aromatic heterocycles. The summed E-state index contributed by atoms with van der Waals surface area (Å²) >= 11 is 0. The number of aromatic nitrogens is 3. The van der Waals surface area contributed by atoms with E-state index in [1.54, 1.807) is 31.7 Å². The van der Waals surface area contributed by atoms with Crippen LogP contribution in [0.3, 0.4) is 0 Å². The van der Waals surface area contributed by atoms with Crippen molar-refractivity contribution in [3.63, 3.8) is 0 Å². The van der Waals surface area contributed by atoms with E-state index in [0.717, 1.165) is 11.3 Å². The summed E-state index contributed by atoms with van der Waals surface area (Å²) in [5.74, 6) is 0.309. The number of hydrogen-bond acceptors (Lipinski definition) is 5. The van der Waals surface area contributed by atoms with Crippen LogP contribution in [-0.2, 0) is 16.1 Å². The van der Waals surface area contributed by atoms with E-state index in [2.05, 4.69) is 9.97 Å². The SMILES string of the molecule is CCOC(=O)CCCn1cncc1-c1ccnc(N)c1. The van der Waals surface area contributed by atoms with Gasteiger partial charge in [0.15, 0.2) is 0 Å². The van der Waals surface area contributed by atoms with Crippen LogP contribution in [0.15, 0.2) is 30.9 Å². The van der Waals surface area contributed by atoms with E-state index in [0.29, 0.717) is 31.8 Å². The van der Waals surface area contributed by atoms with Crippen molar-refractivity contribution in [3.8, 4) is 11.3 Å². The van der Waals surface area contributed by atoms with Crippen molar-refractivity contribution >= 4 is 11.8 Å². The van der Waals surface area contributed by atoms with Crippen LogP contribution in [0.2, 0.25) is 0 Å². The molecule has 0 spiro atoms. The maximum absolute atomic E-state index is 11.3. The Hall–Kier alpha value is -2.37. The molecule has 2 aromatic rings. The van der Waals surface area contributed by atoms with E-state index in [1.807, 2.05) is 10.6 Å². The monoisotopic (exact) mass is 274 g/mol. The van der Waals surface area contributed by atoms with E-state index in [-0.39, 0.29) is 5.97 Å². The largest absolute Gasteiger partial charge is 0.466 e. The van der Waals surface area contributed by atoms with Gasteiger partial charge in [0.2, 0.25) is 0 Å². The maximum atomic E-state index is 11.3. The van der Waals surface area contributed by atoms with Gasteiger partial charge in [-0.1, -0.05) is 0 Å². The van der Waals surface area contributed by atoms with Gasteiger partial charge in [-0.05, 0) is 25.5 Å². The predicted octanol–water partition coefficient (Wildman–Crippen LogP) is 1.87. The smallest absolute Gasteiger partial charge is 0.305 e. The number of anilines is 1. The van der Waals surface area contributed by atoms with Crippen LogP contribution in [0.5, 0.6) is 0 Å². The molecule has 2 N–H and O–H groups in total. The fourth-order valence-electron chi connectivity index (χ4n) is 1.97. The highest BCUT2D eigenvalue weighted by Gasteiger charge is 2.07. The second kappa shape index (κ2) is 6.70. The second-order valence-corrected chi connectivity index (χ2v) is 4.35. The van der Waals surface area contributed by atoms with Gasteiger partial charge in [-0.25, -0.2) is 9.97 Å². The standard InChI is InChI=1S/C14H18N4O2/c1-2-20-14(19)4-3-7-18-10-16-9-12(18)11-5-6-17-13(15)8-11/h5-6,8-10H,2-4,7H2,1H3,(H2,15,17). The van der Waals surface area contributed by atoms with Gasteiger partial charge in [0, 0.05) is 24.7 Å². The number of nitrogens with zero attached hydrogens (tertiary/aromatic N) is 3. The molecule has 0 unspecified atom stereocenters. The van der Waals surface area contributed by atoms with Crippen LogP contribution in [-0.4, -0.2) is 27.1 Å². The van der Waals surface area contributed by atoms with E-state index >= 15 is 0 Å². The third-order valence-corrected chi connectivity index (χ3v) is 2.87. The van der Waals surface area contributed by atoms with E-state index in [9.17, 15) is 4.79 Å². The summed E-state index contributed by atoms with van der Waals surface area (Å²) < 4.78 is 6.90. The van der Waals surface area contributed by atoms with Gasteiger partial charge < -0.3 is 15.0 Å². The number of aryl methyl sites for hydroxylation is 1. The van der Waals surface area contributed by atoms with Crippen molar-refractivity contribution in [2.24, 2.45) is 0 Å². The molecule has 20 heavy (non-hydrogen) atoms. The average molecular weight is 274 g/mol. The molecule has 0 amide bonds. The lowest BCUT2D eigenvalue weighted by Crippen LogP contribution is -2.06. The number of hydrogen-bond donors (Lipinski definition) is 1. The van der Waals surface area contributed by atoms with Crippen molar-refractivity contribution in [2.75, 3.05) is 12.3 Å². The lowest BCUT2D eigenvalue weighted by molar-refractivity contribution is -0.143. The lowest BCUT2D eigenvalue weighted by Gasteiger charge is -2.08. The molecule has 0 aromatic carbocycles. The minimum Gasteiger partial charge on any atom is -0.466 e. The van der Waals surface area contributed by atoms with Crippen LogP contribution in [0.4, 0.5) is 5.82 Å². The zero-order valence-electron chi connectivity index (χ0n) is 11.5. The Balaban J connectivity index is 2.00. The third-order valence-electron chi connectivity index (χ3n) is 2.87. The van der Waals surface area contributed by atoms with E-state index in [4.69, 9.17) is 10.5 Å². The van der Waals surface area contributed by atoms with Gasteiger partial charge in [-0.3, -0.25) is 4.79 Å². The van der Waals surface area contributed by atoms with Gasteiger partial charge in [0.1, 0.15) is 5.82 Å². The van der Waals surface area contributed by atoms with Crippen LogP contribution in [0, 0.1) is 0 Å². The highest BCUT2D eigenvalue weighted by atomic mass is 16.5. The molecule has 2 rings (SSSR count). The Bertz CT molecular complexity index is 580. The first-order chi connectivity index (χ1) is 9.70. The normalized spacial score (nSPS) is 10.4. The molecule has 0 atom stereocenters. The van der Waals surface area contributed by atoms with Gasteiger partial charge in [0.05, 0.1) is 24.8 Å². The molecule has 0 aliphatic carbocycles. The highest BCUT2D eigenvalue weighted by molar-refractivity contribution is 5.69. The topological polar surface area (TPSA) is 83.0 Å². The molecule has 0 aliphatic heterocycles. The first-order valence-corrected chi connectivity index (χ1v) is 6.58. The second-order valence-electron chi connectivity index (χ2n) is 4.35. The minimum absolute atomic E-state index is 0.165. The van der Waals surface area contributed by atoms with Gasteiger partial charge >= 0.3 is 5.97 Å². The molecule has 2 heterocycles. The fourth-order valence-corrected chi connectivity index (χ4v) is 1.97. The number of esters is 1. The number of ether oxygens (including phenoxy) is 1. The summed E-state index contributed by atoms with van der Waals surface area (Å²) in [5, 5.41) is 0. The number of carbonyl (C=O) groups is 1. The Morgan fingerprint density at radius 1 is 1.50 bits per heavy atom. The number of carbonyl (C=O) groups excluding carboxylic acids is 1. The molecule has 0 radical (unpaired) electrons. The zero-order valence-corrected chi connectivity index (χ0v) is 11.5. The van der Waals surface area contributed by atoms with Crippen LogP contribution in [0.1, 0.15) is 19.8 Å². The number of nitrogens with two attached hydrogens (primary N) is 1. The van der Waals surface area contributed by atoms with Crippen molar-refractivity contribution in [3.05, 3.63) is 30.9 Å². The van der Waals surface area contributed by atoms with Gasteiger partial charge in [-0.2, -0.15) is 0 Å². The molecule has 0 saturated carbocycles. The first kappa shape index (κ1) is 14.0. The Labute approximate surface area is 117 Å². The average Bonchev–Trinajstić information content (AvgIpc) is 2.87. The first-order valence-electron chi connectivity index (χ1n) is 6.58. The summed E-state index contributed by atoms with van der Waals surface area (Å²) in [6.07, 6.45) is 6.31. The zero-order chi connectivity index (χ0) is 14.4. The quantitative estimate of drug-likeness (QED) is 0.813. The predicted molar refractivity (Wildman–Crippen MR) is 75.7 cm³/mol. The Morgan fingerprint density at radius 2 is 2.35 bits per heavy atom. The minimum atomic E-state index is -0.165. The molecule has 6 heteroatoms. The highest BCUT2D eigenvalue weighted by Crippen LogP contribution is 2.20. The molecule has 0 saturated heterocycles. The van der Waals surface area contributed by atoms with Crippen LogP contribution in [0.25, 0.3) is 11.3 Å². The van der Waals surface area contributed by atoms with Gasteiger partial charge in [0.25, 0.3) is 0 Å². The maximum Gasteiger partial charge on any atom is 0.305 e. The van der Waals surface area contributed by atoms with Crippen molar-refractivity contribution in [1.82, 2.24) is 14.5 Å². The molecule has 0 aliphatic rings. The Morgan fingerprint density at radius 3 is 3.10 bits per heavy atom. The molecule has 0 bridgehead atoms. The lowest BCUT2D eigenvalue weighted by atomic mass is 10.2. The summed E-state index contributed by atoms with van der Waals surface area (Å²) in [4.78, 5) is 19.4. The summed E-state index contributed by atoms with van der Waals surface area (Å²) in [6, 6.07) is 3.69. The summed E-state index contributed by atoms with van der Waals surface area (Å²) in [6.45, 7) is 2.93. The fraction of sp³-hybridized carbons (Fsp3) is 0.357. The molecular weight excluding hydrogens is 256 g/mol. The van der Waals surface area contributed by atoms with E-state index in [1.165, 1.54) is 0 Å². The van der Waals surface area contributed by atoms with Crippen LogP contribution < -0.4 is 5.73 Å². The summed E-state index contributed by atoms with van der Waals surface area (Å²) in [5.41, 5.74) is 7.61. The third kappa shape index (κ3) is 3.57. The van der Waals surface area contributed by atoms with Crippen LogP contribution >= 0.6 is 0 Å². The number of imidazole rings is 1. The van der Waals surface area contributed by atoms with Gasteiger partial charge in [-0.15, -0.1) is 0 Å². The number of pyridine rings is 1. The summed E-state index contributed by atoms with van der Waals surface area (Å²) in [7, 11) is 0. The molecule has 6 nitrogen and oxygen atoms in total. The Kier molecular flexibility index (Phi) is 4.70. The molecular formula is C14H18N4O2. The number of rotatable bonds is 6. The van der Waals surface area contributed by atoms with Crippen molar-refractivity contribution in [1.29, 1.82) is 0 Å². The van der Waals surface area contributed by atoms with Crippen molar-refractivity contribution < 1.29 is 9.53 Å². The number of nitrogen functional groups attached to an aromatic ring is 1.